The number of unbranched alkanes of at least 4 members (excludes halogenated alkanes) is 1. The second-order valence-corrected chi connectivity index (χ2v) is 8.22. The van der Waals surface area contributed by atoms with Crippen molar-refractivity contribution in [3.05, 3.63) is 89.5 Å². The van der Waals surface area contributed by atoms with Gasteiger partial charge in [0, 0.05) is 23.9 Å². The van der Waals surface area contributed by atoms with Crippen LogP contribution >= 0.6 is 0 Å². The van der Waals surface area contributed by atoms with E-state index in [1.807, 2.05) is 0 Å². The number of carbonyl (C=O) groups excluding carboxylic acids is 1. The Labute approximate surface area is 213 Å². The fraction of sp³-hybridized carbons (Fsp3) is 0.250. The Hall–Kier alpha value is -4.14. The molecule has 0 fully saturated rings. The maximum Gasteiger partial charge on any atom is 0.426 e. The summed E-state index contributed by atoms with van der Waals surface area (Å²) in [7, 11) is 0. The van der Waals surface area contributed by atoms with Crippen LogP contribution in [-0.2, 0) is 22.1 Å². The number of nitrogen functional groups attached to an aromatic ring is 2. The van der Waals surface area contributed by atoms with Crippen LogP contribution < -0.4 is 20.9 Å². The number of anilines is 2. The van der Waals surface area contributed by atoms with Gasteiger partial charge in [-0.05, 0) is 84.6 Å². The number of benzene rings is 3. The summed E-state index contributed by atoms with van der Waals surface area (Å²) in [6, 6.07) is 16.3. The smallest absolute Gasteiger partial charge is 0.426 e. The molecule has 0 bridgehead atoms. The molecule has 3 rings (SSSR count). The summed E-state index contributed by atoms with van der Waals surface area (Å²) in [6.07, 6.45) is 0.593. The van der Waals surface area contributed by atoms with E-state index in [9.17, 15) is 18.0 Å². The second-order valence-electron chi connectivity index (χ2n) is 8.22. The lowest BCUT2D eigenvalue weighted by atomic mass is 10.1. The predicted molar refractivity (Wildman–Crippen MR) is 137 cm³/mol. The molecule has 4 N–H and O–H groups in total. The first kappa shape index (κ1) is 27.4. The number of halogens is 3. The first-order valence-electron chi connectivity index (χ1n) is 11.7. The summed E-state index contributed by atoms with van der Waals surface area (Å²) in [5, 5.41) is 0. The van der Waals surface area contributed by atoms with Crippen molar-refractivity contribution in [2.24, 2.45) is 0 Å². The van der Waals surface area contributed by atoms with Crippen molar-refractivity contribution in [1.82, 2.24) is 0 Å². The van der Waals surface area contributed by atoms with Crippen molar-refractivity contribution in [1.29, 1.82) is 0 Å². The normalized spacial score (nSPS) is 11.4. The van der Waals surface area contributed by atoms with Crippen molar-refractivity contribution in [2.75, 3.05) is 31.4 Å². The molecule has 196 valence electrons. The predicted octanol–water partition coefficient (Wildman–Crippen LogP) is 5.91. The van der Waals surface area contributed by atoms with Gasteiger partial charge in [-0.2, -0.15) is 8.78 Å². The molecule has 6 nitrogen and oxygen atoms in total. The summed E-state index contributed by atoms with van der Waals surface area (Å²) in [4.78, 5) is 12.0. The molecule has 0 aliphatic carbocycles. The van der Waals surface area contributed by atoms with E-state index in [0.717, 1.165) is 5.56 Å². The van der Waals surface area contributed by atoms with Crippen molar-refractivity contribution in [2.45, 2.75) is 25.4 Å². The topological polar surface area (TPSA) is 96.8 Å². The number of esters is 1. The minimum absolute atomic E-state index is 0.0438. The molecule has 0 heterocycles. The molecule has 0 aromatic heterocycles. The first-order chi connectivity index (χ1) is 17.7. The van der Waals surface area contributed by atoms with Crippen LogP contribution in [0.5, 0.6) is 11.5 Å². The van der Waals surface area contributed by atoms with Crippen molar-refractivity contribution in [3.63, 3.8) is 0 Å². The van der Waals surface area contributed by atoms with Crippen molar-refractivity contribution >= 4 is 23.4 Å². The molecule has 0 aliphatic rings. The Morgan fingerprint density at radius 2 is 1.51 bits per heavy atom. The molecule has 0 radical (unpaired) electrons. The third kappa shape index (κ3) is 9.10. The number of ether oxygens (including phenoxy) is 3. The molecule has 37 heavy (non-hydrogen) atoms. The lowest BCUT2D eigenvalue weighted by Gasteiger charge is -2.18. The zero-order valence-corrected chi connectivity index (χ0v) is 20.2. The average molecular weight is 515 g/mol. The van der Waals surface area contributed by atoms with Gasteiger partial charge in [-0.25, -0.2) is 4.79 Å². The van der Waals surface area contributed by atoms with E-state index in [4.69, 9.17) is 25.7 Å². The van der Waals surface area contributed by atoms with Crippen LogP contribution in [0.4, 0.5) is 24.5 Å². The van der Waals surface area contributed by atoms with Gasteiger partial charge in [0.05, 0.1) is 25.5 Å². The zero-order chi connectivity index (χ0) is 26.7. The van der Waals surface area contributed by atoms with E-state index in [1.165, 1.54) is 48.6 Å². The van der Waals surface area contributed by atoms with E-state index in [0.29, 0.717) is 48.6 Å². The van der Waals surface area contributed by atoms with Gasteiger partial charge in [0.2, 0.25) is 0 Å². The van der Waals surface area contributed by atoms with Gasteiger partial charge >= 0.3 is 12.1 Å². The molecule has 3 aromatic rings. The van der Waals surface area contributed by atoms with Crippen LogP contribution in [0, 0.1) is 0 Å². The maximum atomic E-state index is 14.6. The molecule has 3 aromatic carbocycles. The fourth-order valence-electron chi connectivity index (χ4n) is 3.36. The Bertz CT molecular complexity index is 1160. The van der Waals surface area contributed by atoms with E-state index in [1.54, 1.807) is 30.3 Å². The highest BCUT2D eigenvalue weighted by Crippen LogP contribution is 2.32. The Morgan fingerprint density at radius 3 is 2.16 bits per heavy atom. The summed E-state index contributed by atoms with van der Waals surface area (Å²) in [5.74, 6) is -0.168. The highest BCUT2D eigenvalue weighted by molar-refractivity contribution is 5.87. The maximum absolute atomic E-state index is 14.6. The molecular formula is C28H29F3N2O4. The highest BCUT2D eigenvalue weighted by atomic mass is 19.3. The first-order valence-corrected chi connectivity index (χ1v) is 11.7. The van der Waals surface area contributed by atoms with E-state index in [2.05, 4.69) is 0 Å². The summed E-state index contributed by atoms with van der Waals surface area (Å²) < 4.78 is 56.7. The van der Waals surface area contributed by atoms with Gasteiger partial charge in [-0.15, -0.1) is 0 Å². The Balaban J connectivity index is 1.47. The molecule has 0 aliphatic heterocycles. The summed E-state index contributed by atoms with van der Waals surface area (Å²) in [6.45, 7) is 0.0472. The van der Waals surface area contributed by atoms with Crippen LogP contribution in [0.15, 0.2) is 72.8 Å². The molecule has 0 atom stereocenters. The van der Waals surface area contributed by atoms with Gasteiger partial charge in [-0.1, -0.05) is 12.1 Å². The number of carbonyl (C=O) groups is 1. The van der Waals surface area contributed by atoms with E-state index < -0.39 is 18.8 Å². The van der Waals surface area contributed by atoms with Gasteiger partial charge in [0.25, 0.3) is 0 Å². The number of hydrogen-bond donors (Lipinski definition) is 2. The van der Waals surface area contributed by atoms with Crippen molar-refractivity contribution in [3.8, 4) is 11.5 Å². The van der Waals surface area contributed by atoms with Crippen LogP contribution in [0.25, 0.3) is 6.08 Å². The zero-order valence-electron chi connectivity index (χ0n) is 20.2. The Kier molecular flexibility index (Phi) is 9.83. The molecular weight excluding hydrogens is 485 g/mol. The Morgan fingerprint density at radius 1 is 0.865 bits per heavy atom. The largest absolute Gasteiger partial charge is 0.494 e. The van der Waals surface area contributed by atoms with Crippen LogP contribution in [-0.4, -0.2) is 25.9 Å². The quantitative estimate of drug-likeness (QED) is 0.127. The standard InChI is InChI=1S/C28H29F3N2O4/c29-14-1-2-15-35-25-10-6-22(7-11-25)28(30,31)37-26-8-3-20(4-9-26)5-12-27(34)36-16-13-21-17-23(32)19-24(33)18-21/h3-12,17-19H,1-2,13-16,32-33H2/b12-5+. The third-order valence-electron chi connectivity index (χ3n) is 5.20. The number of hydrogen-bond acceptors (Lipinski definition) is 6. The molecule has 0 saturated carbocycles. The fourth-order valence-corrected chi connectivity index (χ4v) is 3.36. The number of rotatable bonds is 13. The van der Waals surface area contributed by atoms with E-state index in [-0.39, 0.29) is 17.9 Å². The van der Waals surface area contributed by atoms with Gasteiger partial charge < -0.3 is 25.7 Å². The molecule has 0 saturated heterocycles. The lowest BCUT2D eigenvalue weighted by molar-refractivity contribution is -0.185. The molecule has 0 amide bonds. The summed E-state index contributed by atoms with van der Waals surface area (Å²) >= 11 is 0. The minimum atomic E-state index is -3.57. The monoisotopic (exact) mass is 514 g/mol. The minimum Gasteiger partial charge on any atom is -0.494 e. The lowest BCUT2D eigenvalue weighted by Crippen LogP contribution is -2.21. The van der Waals surface area contributed by atoms with Crippen LogP contribution in [0.2, 0.25) is 0 Å². The van der Waals surface area contributed by atoms with Gasteiger partial charge in [0.1, 0.15) is 11.5 Å². The highest BCUT2D eigenvalue weighted by Gasteiger charge is 2.34. The SMILES string of the molecule is Nc1cc(N)cc(CCOC(=O)/C=C/c2ccc(OC(F)(F)c3ccc(OCCCCF)cc3)cc2)c1. The third-order valence-corrected chi connectivity index (χ3v) is 5.20. The van der Waals surface area contributed by atoms with Crippen LogP contribution in [0.3, 0.4) is 0 Å². The average Bonchev–Trinajstić information content (AvgIpc) is 2.86. The van der Waals surface area contributed by atoms with Gasteiger partial charge in [0.15, 0.2) is 0 Å². The number of nitrogens with two attached hydrogens (primary N) is 2. The van der Waals surface area contributed by atoms with E-state index >= 15 is 0 Å². The van der Waals surface area contributed by atoms with Gasteiger partial charge in [-0.3, -0.25) is 4.39 Å². The molecule has 9 heteroatoms. The van der Waals surface area contributed by atoms with Crippen LogP contribution in [0.1, 0.15) is 29.5 Å². The van der Waals surface area contributed by atoms with Crippen molar-refractivity contribution < 1.29 is 32.2 Å². The molecule has 0 unspecified atom stereocenters. The second kappa shape index (κ2) is 13.2. The molecule has 0 spiro atoms. The number of alkyl halides is 3. The summed E-state index contributed by atoms with van der Waals surface area (Å²) in [5.41, 5.74) is 13.7.